The zero-order valence-corrected chi connectivity index (χ0v) is 10.7. The molecule has 1 fully saturated rings. The van der Waals surface area contributed by atoms with Crippen LogP contribution in [-0.2, 0) is 10.2 Å². The van der Waals surface area contributed by atoms with Crippen molar-refractivity contribution < 1.29 is 19.4 Å². The Balaban J connectivity index is 2.55. The first-order chi connectivity index (χ1) is 8.64. The Morgan fingerprint density at radius 3 is 2.39 bits per heavy atom. The van der Waals surface area contributed by atoms with Crippen molar-refractivity contribution in [3.63, 3.8) is 0 Å². The van der Waals surface area contributed by atoms with Gasteiger partial charge in [-0.1, -0.05) is 12.8 Å². The Hall–Kier alpha value is -1.71. The second kappa shape index (κ2) is 4.88. The molecule has 4 nitrogen and oxygen atoms in total. The number of carboxylic acids is 1. The van der Waals surface area contributed by atoms with Gasteiger partial charge in [0.15, 0.2) is 0 Å². The van der Waals surface area contributed by atoms with E-state index in [1.165, 1.54) is 0 Å². The van der Waals surface area contributed by atoms with Gasteiger partial charge in [-0.3, -0.25) is 4.79 Å². The van der Waals surface area contributed by atoms with Gasteiger partial charge < -0.3 is 14.6 Å². The quantitative estimate of drug-likeness (QED) is 0.892. The number of methoxy groups -OCH3 is 2. The zero-order chi connectivity index (χ0) is 13.2. The van der Waals surface area contributed by atoms with E-state index in [1.807, 2.05) is 0 Å². The summed E-state index contributed by atoms with van der Waals surface area (Å²) >= 11 is 0. The monoisotopic (exact) mass is 250 g/mol. The van der Waals surface area contributed by atoms with Crippen molar-refractivity contribution in [2.75, 3.05) is 14.2 Å². The Labute approximate surface area is 107 Å². The van der Waals surface area contributed by atoms with Crippen LogP contribution in [0.3, 0.4) is 0 Å². The molecule has 98 valence electrons. The summed E-state index contributed by atoms with van der Waals surface area (Å²) < 4.78 is 10.5. The summed E-state index contributed by atoms with van der Waals surface area (Å²) in [5, 5.41) is 9.60. The third kappa shape index (κ3) is 1.92. The molecule has 1 aliphatic rings. The number of aliphatic carboxylic acids is 1. The predicted octanol–water partition coefficient (Wildman–Crippen LogP) is 2.60. The molecule has 1 aromatic carbocycles. The first-order valence-corrected chi connectivity index (χ1v) is 6.10. The largest absolute Gasteiger partial charge is 0.497 e. The lowest BCUT2D eigenvalue weighted by atomic mass is 9.78. The van der Waals surface area contributed by atoms with Gasteiger partial charge in [0.25, 0.3) is 0 Å². The van der Waals surface area contributed by atoms with Crippen LogP contribution < -0.4 is 9.47 Å². The Morgan fingerprint density at radius 1 is 1.22 bits per heavy atom. The van der Waals surface area contributed by atoms with Crippen LogP contribution >= 0.6 is 0 Å². The molecular formula is C14H18O4. The minimum Gasteiger partial charge on any atom is -0.497 e. The maximum atomic E-state index is 11.7. The number of hydrogen-bond acceptors (Lipinski definition) is 3. The number of carbonyl (C=O) groups is 1. The van der Waals surface area contributed by atoms with Gasteiger partial charge >= 0.3 is 5.97 Å². The molecule has 0 heterocycles. The van der Waals surface area contributed by atoms with Crippen molar-refractivity contribution in [3.05, 3.63) is 23.8 Å². The molecule has 0 aliphatic heterocycles. The van der Waals surface area contributed by atoms with E-state index in [0.717, 1.165) is 18.4 Å². The molecule has 0 radical (unpaired) electrons. The van der Waals surface area contributed by atoms with Gasteiger partial charge in [0.2, 0.25) is 0 Å². The Kier molecular flexibility index (Phi) is 3.45. The molecule has 1 aromatic rings. The molecule has 0 saturated heterocycles. The maximum absolute atomic E-state index is 11.7. The van der Waals surface area contributed by atoms with Crippen molar-refractivity contribution in [2.45, 2.75) is 31.1 Å². The molecule has 1 N–H and O–H groups in total. The molecule has 0 atom stereocenters. The van der Waals surface area contributed by atoms with E-state index in [-0.39, 0.29) is 0 Å². The average Bonchev–Trinajstić information content (AvgIpc) is 2.88. The number of hydrogen-bond donors (Lipinski definition) is 1. The molecule has 18 heavy (non-hydrogen) atoms. The summed E-state index contributed by atoms with van der Waals surface area (Å²) in [5.74, 6) is 0.518. The minimum atomic E-state index is -0.820. The second-order valence-corrected chi connectivity index (χ2v) is 4.66. The highest BCUT2D eigenvalue weighted by atomic mass is 16.5. The summed E-state index contributed by atoms with van der Waals surface area (Å²) in [6.45, 7) is 0. The van der Waals surface area contributed by atoms with Gasteiger partial charge in [-0.25, -0.2) is 0 Å². The van der Waals surface area contributed by atoms with Gasteiger partial charge in [0, 0.05) is 5.56 Å². The molecule has 0 amide bonds. The number of benzene rings is 1. The van der Waals surface area contributed by atoms with Crippen molar-refractivity contribution in [1.29, 1.82) is 0 Å². The van der Waals surface area contributed by atoms with Crippen LogP contribution in [0.2, 0.25) is 0 Å². The van der Waals surface area contributed by atoms with Crippen molar-refractivity contribution in [3.8, 4) is 11.5 Å². The highest BCUT2D eigenvalue weighted by molar-refractivity contribution is 5.83. The topological polar surface area (TPSA) is 55.8 Å². The van der Waals surface area contributed by atoms with Crippen LogP contribution in [0.15, 0.2) is 18.2 Å². The van der Waals surface area contributed by atoms with Crippen molar-refractivity contribution in [1.82, 2.24) is 0 Å². The molecule has 0 bridgehead atoms. The number of rotatable bonds is 4. The molecule has 4 heteroatoms. The van der Waals surface area contributed by atoms with Crippen LogP contribution in [0.4, 0.5) is 0 Å². The highest BCUT2D eigenvalue weighted by Crippen LogP contribution is 2.46. The third-order valence-electron chi connectivity index (χ3n) is 3.79. The zero-order valence-electron chi connectivity index (χ0n) is 10.7. The summed E-state index contributed by atoms with van der Waals surface area (Å²) in [7, 11) is 3.14. The van der Waals surface area contributed by atoms with E-state index in [4.69, 9.17) is 9.47 Å². The standard InChI is InChI=1S/C14H18O4/c1-17-10-5-6-12(18-2)11(9-10)14(13(15)16)7-3-4-8-14/h5-6,9H,3-4,7-8H2,1-2H3,(H,15,16). The van der Waals surface area contributed by atoms with E-state index in [9.17, 15) is 9.90 Å². The predicted molar refractivity (Wildman–Crippen MR) is 67.3 cm³/mol. The maximum Gasteiger partial charge on any atom is 0.314 e. The van der Waals surface area contributed by atoms with Crippen molar-refractivity contribution >= 4 is 5.97 Å². The molecule has 0 unspecified atom stereocenters. The van der Waals surface area contributed by atoms with E-state index < -0.39 is 11.4 Å². The molecule has 2 rings (SSSR count). The van der Waals surface area contributed by atoms with Crippen LogP contribution in [-0.4, -0.2) is 25.3 Å². The SMILES string of the molecule is COc1ccc(OC)c(C2(C(=O)O)CCCC2)c1. The summed E-state index contributed by atoms with van der Waals surface area (Å²) in [4.78, 5) is 11.7. The molecule has 1 saturated carbocycles. The molecular weight excluding hydrogens is 232 g/mol. The van der Waals surface area contributed by atoms with Gasteiger partial charge in [-0.2, -0.15) is 0 Å². The van der Waals surface area contributed by atoms with Gasteiger partial charge in [-0.15, -0.1) is 0 Å². The van der Waals surface area contributed by atoms with Crippen LogP contribution in [0.25, 0.3) is 0 Å². The minimum absolute atomic E-state index is 0.625. The molecule has 0 aromatic heterocycles. The lowest BCUT2D eigenvalue weighted by molar-refractivity contribution is -0.143. The Morgan fingerprint density at radius 2 is 1.89 bits per heavy atom. The highest BCUT2D eigenvalue weighted by Gasteiger charge is 2.45. The van der Waals surface area contributed by atoms with Crippen molar-refractivity contribution in [2.24, 2.45) is 0 Å². The van der Waals surface area contributed by atoms with E-state index in [1.54, 1.807) is 32.4 Å². The summed E-state index contributed by atoms with van der Waals surface area (Å²) in [6, 6.07) is 5.35. The van der Waals surface area contributed by atoms with Gasteiger partial charge in [-0.05, 0) is 31.0 Å². The molecule has 1 aliphatic carbocycles. The fourth-order valence-corrected chi connectivity index (χ4v) is 2.77. The smallest absolute Gasteiger partial charge is 0.314 e. The van der Waals surface area contributed by atoms with E-state index in [0.29, 0.717) is 24.3 Å². The lowest BCUT2D eigenvalue weighted by Gasteiger charge is -2.26. The second-order valence-electron chi connectivity index (χ2n) is 4.66. The van der Waals surface area contributed by atoms with Crippen LogP contribution in [0, 0.1) is 0 Å². The normalized spacial score (nSPS) is 17.4. The van der Waals surface area contributed by atoms with Crippen LogP contribution in [0.5, 0.6) is 11.5 Å². The van der Waals surface area contributed by atoms with Gasteiger partial charge in [0.05, 0.1) is 19.6 Å². The first-order valence-electron chi connectivity index (χ1n) is 6.10. The Bertz CT molecular complexity index is 447. The first kappa shape index (κ1) is 12.7. The lowest BCUT2D eigenvalue weighted by Crippen LogP contribution is -2.33. The summed E-state index contributed by atoms with van der Waals surface area (Å²) in [6.07, 6.45) is 3.19. The number of carboxylic acid groups (broad SMARTS) is 1. The third-order valence-corrected chi connectivity index (χ3v) is 3.79. The molecule has 0 spiro atoms. The summed E-state index contributed by atoms with van der Waals surface area (Å²) in [5.41, 5.74) is -0.0887. The van der Waals surface area contributed by atoms with E-state index in [2.05, 4.69) is 0 Å². The van der Waals surface area contributed by atoms with E-state index >= 15 is 0 Å². The fraction of sp³-hybridized carbons (Fsp3) is 0.500. The van der Waals surface area contributed by atoms with Gasteiger partial charge in [0.1, 0.15) is 11.5 Å². The fourth-order valence-electron chi connectivity index (χ4n) is 2.77. The number of ether oxygens (including phenoxy) is 2. The average molecular weight is 250 g/mol. The van der Waals surface area contributed by atoms with Crippen LogP contribution in [0.1, 0.15) is 31.2 Å².